The van der Waals surface area contributed by atoms with E-state index in [1.165, 1.54) is 57.2 Å². The average Bonchev–Trinajstić information content (AvgIpc) is 3.76. The van der Waals surface area contributed by atoms with Crippen molar-refractivity contribution in [2.45, 2.75) is 101 Å². The van der Waals surface area contributed by atoms with Crippen molar-refractivity contribution in [2.24, 2.45) is 13.0 Å². The minimum absolute atomic E-state index is 0.0404. The van der Waals surface area contributed by atoms with Crippen molar-refractivity contribution in [3.05, 3.63) is 73.6 Å². The zero-order valence-corrected chi connectivity index (χ0v) is 32.2. The van der Waals surface area contributed by atoms with Gasteiger partial charge in [-0.05, 0) is 24.8 Å². The van der Waals surface area contributed by atoms with Crippen molar-refractivity contribution in [1.82, 2.24) is 14.5 Å². The number of imidazole rings is 1. The standard InChI is InChI=1S/C39H42N4O15/c1-16-36-22(42-25(54-5)9-18(10-26(42)58-36)37(49)55-15-19-14-40-38(41(19)3)43(51)52)11-27(56-16)57-24-13-39(50,17(2)44)12-21-29(24)35(48)31-30(33(21)46)32(45)20-7-6-8-23(53-4)28(20)34(31)47/h6-8,14,16,18,22,24-27,36,46,48,50H,9-13,15H2,1-5H3/t16-,18?,22?,24-,25?,26?,27-,36?,39-/m0/s1. The lowest BCUT2D eigenvalue weighted by Gasteiger charge is -2.45. The van der Waals surface area contributed by atoms with Crippen LogP contribution in [0.25, 0.3) is 0 Å². The topological polar surface area (TPSA) is 249 Å². The fraction of sp³-hybridized carbons (Fsp3) is 0.513. The van der Waals surface area contributed by atoms with Crippen LogP contribution in [0, 0.1) is 16.0 Å². The Bertz CT molecular complexity index is 2260. The molecular weight excluding hydrogens is 764 g/mol. The molecule has 0 amide bonds. The summed E-state index contributed by atoms with van der Waals surface area (Å²) in [6.45, 7) is 2.74. The number of piperidine rings is 1. The van der Waals surface area contributed by atoms with E-state index in [2.05, 4.69) is 4.98 Å². The highest BCUT2D eigenvalue weighted by atomic mass is 16.7. The second-order valence-corrected chi connectivity index (χ2v) is 15.4. The maximum absolute atomic E-state index is 14.0. The van der Waals surface area contributed by atoms with Gasteiger partial charge in [-0.1, -0.05) is 17.1 Å². The minimum Gasteiger partial charge on any atom is -0.507 e. The van der Waals surface area contributed by atoms with E-state index >= 15 is 0 Å². The number of hydrogen-bond acceptors (Lipinski definition) is 17. The molecule has 19 nitrogen and oxygen atoms in total. The number of ketones is 3. The van der Waals surface area contributed by atoms with Crippen LogP contribution in [0.1, 0.15) is 94.3 Å². The maximum atomic E-state index is 14.0. The van der Waals surface area contributed by atoms with E-state index < -0.39 is 106 Å². The summed E-state index contributed by atoms with van der Waals surface area (Å²) in [7, 11) is 4.30. The molecule has 8 rings (SSSR count). The Morgan fingerprint density at radius 1 is 1.07 bits per heavy atom. The molecule has 3 saturated heterocycles. The second kappa shape index (κ2) is 14.5. The first-order chi connectivity index (χ1) is 27.6. The molecule has 0 saturated carbocycles. The quantitative estimate of drug-likeness (QED) is 0.0951. The fourth-order valence-corrected chi connectivity index (χ4v) is 9.24. The lowest BCUT2D eigenvalue weighted by atomic mass is 9.72. The summed E-state index contributed by atoms with van der Waals surface area (Å²) < 4.78 is 37.3. The smallest absolute Gasteiger partial charge is 0.434 e. The van der Waals surface area contributed by atoms with Crippen LogP contribution in [0.15, 0.2) is 24.4 Å². The zero-order valence-electron chi connectivity index (χ0n) is 32.2. The normalized spacial score (nSPS) is 30.1. The number of ether oxygens (including phenoxy) is 6. The third kappa shape index (κ3) is 6.15. The fourth-order valence-electron chi connectivity index (χ4n) is 9.24. The van der Waals surface area contributed by atoms with Gasteiger partial charge in [0.15, 0.2) is 23.6 Å². The zero-order chi connectivity index (χ0) is 41.5. The van der Waals surface area contributed by atoms with Gasteiger partial charge in [-0.3, -0.25) is 19.2 Å². The number of Topliss-reactive ketones (excluding diaryl/α,β-unsaturated/α-hetero) is 1. The molecule has 5 unspecified atom stereocenters. The number of fused-ring (bicyclic) bond motifs is 6. The molecule has 9 atom stereocenters. The van der Waals surface area contributed by atoms with Gasteiger partial charge in [-0.25, -0.2) is 9.47 Å². The first kappa shape index (κ1) is 39.5. The van der Waals surface area contributed by atoms with E-state index in [1.807, 2.05) is 4.90 Å². The maximum Gasteiger partial charge on any atom is 0.434 e. The van der Waals surface area contributed by atoms with Crippen LogP contribution in [0.5, 0.6) is 17.2 Å². The molecule has 3 fully saturated rings. The van der Waals surface area contributed by atoms with Gasteiger partial charge in [0, 0.05) is 61.9 Å². The predicted octanol–water partition coefficient (Wildman–Crippen LogP) is 2.50. The number of nitro groups is 1. The van der Waals surface area contributed by atoms with Crippen molar-refractivity contribution in [2.75, 3.05) is 14.2 Å². The number of aromatic hydroxyl groups is 2. The summed E-state index contributed by atoms with van der Waals surface area (Å²) >= 11 is 0. The number of esters is 1. The van der Waals surface area contributed by atoms with Gasteiger partial charge in [-0.2, -0.15) is 0 Å². The third-order valence-corrected chi connectivity index (χ3v) is 12.2. The highest BCUT2D eigenvalue weighted by molar-refractivity contribution is 6.31. The van der Waals surface area contributed by atoms with Gasteiger partial charge >= 0.3 is 11.9 Å². The number of nitrogens with zero attached hydrogens (tertiary/aromatic N) is 4. The summed E-state index contributed by atoms with van der Waals surface area (Å²) in [5, 5.41) is 46.4. The van der Waals surface area contributed by atoms with E-state index in [1.54, 1.807) is 6.92 Å². The average molecular weight is 807 g/mol. The molecule has 3 aromatic rings. The summed E-state index contributed by atoms with van der Waals surface area (Å²) in [6, 6.07) is 4.05. The van der Waals surface area contributed by atoms with Crippen LogP contribution in [-0.4, -0.2) is 115 Å². The molecule has 3 N–H and O–H groups in total. The van der Waals surface area contributed by atoms with Crippen molar-refractivity contribution in [1.29, 1.82) is 0 Å². The van der Waals surface area contributed by atoms with Crippen molar-refractivity contribution < 1.29 is 67.8 Å². The van der Waals surface area contributed by atoms with Gasteiger partial charge in [0.25, 0.3) is 0 Å². The van der Waals surface area contributed by atoms with Crippen LogP contribution in [0.2, 0.25) is 0 Å². The number of rotatable bonds is 9. The highest BCUT2D eigenvalue weighted by Crippen LogP contribution is 2.53. The first-order valence-corrected chi connectivity index (χ1v) is 18.8. The number of benzene rings is 2. The van der Waals surface area contributed by atoms with E-state index in [-0.39, 0.29) is 72.3 Å². The Morgan fingerprint density at radius 2 is 1.81 bits per heavy atom. The number of methoxy groups -OCH3 is 2. The lowest BCUT2D eigenvalue weighted by molar-refractivity contribution is -0.396. The van der Waals surface area contributed by atoms with Gasteiger partial charge in [-0.15, -0.1) is 0 Å². The molecule has 1 aromatic heterocycles. The van der Waals surface area contributed by atoms with E-state index in [0.29, 0.717) is 5.69 Å². The highest BCUT2D eigenvalue weighted by Gasteiger charge is 2.56. The van der Waals surface area contributed by atoms with E-state index in [9.17, 15) is 44.6 Å². The molecule has 0 radical (unpaired) electrons. The number of carbonyl (C=O) groups excluding carboxylic acids is 4. The van der Waals surface area contributed by atoms with Crippen LogP contribution < -0.4 is 4.74 Å². The molecule has 4 heterocycles. The third-order valence-electron chi connectivity index (χ3n) is 12.2. The molecular formula is C39H42N4O15. The Balaban J connectivity index is 1.05. The molecule has 308 valence electrons. The molecule has 5 aliphatic rings. The Hall–Kier alpha value is -5.31. The minimum atomic E-state index is -2.08. The lowest BCUT2D eigenvalue weighted by Crippen LogP contribution is -2.56. The number of carbonyl (C=O) groups is 4. The molecule has 58 heavy (non-hydrogen) atoms. The number of phenolic OH excluding ortho intramolecular Hbond substituents is 2. The molecule has 0 spiro atoms. The molecule has 2 aliphatic carbocycles. The number of hydrogen-bond donors (Lipinski definition) is 3. The predicted molar refractivity (Wildman–Crippen MR) is 194 cm³/mol. The molecule has 3 aliphatic heterocycles. The van der Waals surface area contributed by atoms with Crippen LogP contribution in [-0.2, 0) is 53.3 Å². The van der Waals surface area contributed by atoms with Gasteiger partial charge in [0.1, 0.15) is 54.2 Å². The van der Waals surface area contributed by atoms with Crippen LogP contribution >= 0.6 is 0 Å². The Morgan fingerprint density at radius 3 is 2.48 bits per heavy atom. The van der Waals surface area contributed by atoms with Crippen LogP contribution in [0.3, 0.4) is 0 Å². The molecule has 19 heteroatoms. The number of aliphatic hydroxyl groups is 1. The van der Waals surface area contributed by atoms with Crippen molar-refractivity contribution in [3.63, 3.8) is 0 Å². The number of phenols is 2. The Kier molecular flexibility index (Phi) is 9.88. The van der Waals surface area contributed by atoms with E-state index in [4.69, 9.17) is 28.4 Å². The van der Waals surface area contributed by atoms with Crippen LogP contribution in [0.4, 0.5) is 5.95 Å². The van der Waals surface area contributed by atoms with Crippen molar-refractivity contribution >= 4 is 29.3 Å². The number of aromatic nitrogens is 2. The van der Waals surface area contributed by atoms with Gasteiger partial charge < -0.3 is 53.9 Å². The molecule has 0 bridgehead atoms. The van der Waals surface area contributed by atoms with Gasteiger partial charge in [0.2, 0.25) is 5.78 Å². The first-order valence-electron chi connectivity index (χ1n) is 18.8. The summed E-state index contributed by atoms with van der Waals surface area (Å²) in [6.07, 6.45) is -3.54. The summed E-state index contributed by atoms with van der Waals surface area (Å²) in [4.78, 5) is 70.4. The monoisotopic (exact) mass is 806 g/mol. The van der Waals surface area contributed by atoms with Crippen molar-refractivity contribution in [3.8, 4) is 17.2 Å². The largest absolute Gasteiger partial charge is 0.507 e. The van der Waals surface area contributed by atoms with E-state index in [0.717, 1.165) is 0 Å². The second-order valence-electron chi connectivity index (χ2n) is 15.4. The summed E-state index contributed by atoms with van der Waals surface area (Å²) in [5.41, 5.74) is -2.93. The summed E-state index contributed by atoms with van der Waals surface area (Å²) in [5.74, 6) is -4.88. The Labute approximate surface area is 330 Å². The molecule has 2 aromatic carbocycles. The SMILES string of the molecule is COc1cccc2c1C(=O)c1c(O)c3c(c(O)c1C2=O)C[C@@](O)(C(C)=O)C[C@@H]3O[C@H]1CC2C(OC3CC(C(=O)OCc4cnc([N+](=O)[O-])n4C)CC(OC)N32)[C@H](C)O1. The van der Waals surface area contributed by atoms with Gasteiger partial charge in [0.05, 0.1) is 49.0 Å².